The molecular weight excluding hydrogens is 192 g/mol. The fraction of sp³-hybridized carbons (Fsp3) is 0.429. The van der Waals surface area contributed by atoms with Gasteiger partial charge in [0.2, 0.25) is 0 Å². The molecule has 0 spiro atoms. The van der Waals surface area contributed by atoms with Crippen LogP contribution in [-0.4, -0.2) is 29.2 Å². The van der Waals surface area contributed by atoms with Crippen LogP contribution in [0.5, 0.6) is 5.19 Å². The molecule has 1 unspecified atom stereocenters. The number of methoxy groups -OCH3 is 1. The van der Waals surface area contributed by atoms with Crippen molar-refractivity contribution in [3.63, 3.8) is 0 Å². The maximum atomic E-state index is 10.4. The van der Waals surface area contributed by atoms with Gasteiger partial charge in [-0.05, 0) is 0 Å². The molecule has 1 aromatic rings. The highest BCUT2D eigenvalue weighted by molar-refractivity contribution is 7.13. The van der Waals surface area contributed by atoms with Gasteiger partial charge in [0.25, 0.3) is 5.19 Å². The van der Waals surface area contributed by atoms with Crippen LogP contribution in [0.4, 0.5) is 0 Å². The van der Waals surface area contributed by atoms with E-state index in [0.717, 1.165) is 4.88 Å². The molecule has 0 saturated carbocycles. The van der Waals surface area contributed by atoms with Gasteiger partial charge in [0.1, 0.15) is 6.04 Å². The molecule has 0 aliphatic carbocycles. The molecule has 0 amide bonds. The number of aromatic nitrogens is 1. The minimum atomic E-state index is -1.01. The Balaban J connectivity index is 2.58. The number of ether oxygens (including phenoxy) is 1. The van der Waals surface area contributed by atoms with Gasteiger partial charge >= 0.3 is 5.97 Å². The van der Waals surface area contributed by atoms with Crippen molar-refractivity contribution in [3.8, 4) is 5.19 Å². The van der Waals surface area contributed by atoms with Gasteiger partial charge in [0, 0.05) is 17.5 Å². The van der Waals surface area contributed by atoms with Crippen LogP contribution in [0.3, 0.4) is 0 Å². The number of nitrogens with two attached hydrogens (primary N) is 1. The van der Waals surface area contributed by atoms with Crippen molar-refractivity contribution >= 4 is 17.3 Å². The molecular formula is C7H10N2O3S. The monoisotopic (exact) mass is 202 g/mol. The Morgan fingerprint density at radius 2 is 2.62 bits per heavy atom. The molecule has 0 bridgehead atoms. The van der Waals surface area contributed by atoms with Crippen LogP contribution in [0.15, 0.2) is 6.20 Å². The summed E-state index contributed by atoms with van der Waals surface area (Å²) in [5, 5.41) is 9.06. The molecule has 0 saturated heterocycles. The number of rotatable bonds is 4. The molecule has 0 aliphatic rings. The summed E-state index contributed by atoms with van der Waals surface area (Å²) in [6, 6.07) is -0.870. The first-order valence-corrected chi connectivity index (χ1v) is 4.42. The maximum absolute atomic E-state index is 10.4. The molecule has 13 heavy (non-hydrogen) atoms. The van der Waals surface area contributed by atoms with Crippen molar-refractivity contribution in [2.24, 2.45) is 5.73 Å². The molecule has 0 fully saturated rings. The van der Waals surface area contributed by atoms with Crippen molar-refractivity contribution in [3.05, 3.63) is 11.1 Å². The van der Waals surface area contributed by atoms with Gasteiger partial charge in [-0.3, -0.25) is 4.79 Å². The average Bonchev–Trinajstić information content (AvgIpc) is 2.52. The minimum absolute atomic E-state index is 0.288. The fourth-order valence-electron chi connectivity index (χ4n) is 0.782. The third kappa shape index (κ3) is 2.67. The summed E-state index contributed by atoms with van der Waals surface area (Å²) in [5.41, 5.74) is 5.34. The lowest BCUT2D eigenvalue weighted by molar-refractivity contribution is -0.138. The lowest BCUT2D eigenvalue weighted by Crippen LogP contribution is -2.31. The largest absolute Gasteiger partial charge is 0.480 e. The van der Waals surface area contributed by atoms with E-state index < -0.39 is 12.0 Å². The molecule has 0 aliphatic heterocycles. The number of carboxylic acids is 1. The second-order valence-electron chi connectivity index (χ2n) is 2.45. The molecule has 0 aromatic carbocycles. The fourth-order valence-corrected chi connectivity index (χ4v) is 1.56. The Bertz CT molecular complexity index is 300. The second kappa shape index (κ2) is 4.20. The van der Waals surface area contributed by atoms with E-state index >= 15 is 0 Å². The van der Waals surface area contributed by atoms with E-state index in [1.165, 1.54) is 18.4 Å². The Hall–Kier alpha value is -1.14. The van der Waals surface area contributed by atoms with Gasteiger partial charge in [-0.15, -0.1) is 0 Å². The van der Waals surface area contributed by atoms with Gasteiger partial charge in [0.15, 0.2) is 0 Å². The second-order valence-corrected chi connectivity index (χ2v) is 3.52. The average molecular weight is 202 g/mol. The van der Waals surface area contributed by atoms with Gasteiger partial charge in [-0.1, -0.05) is 11.3 Å². The zero-order valence-corrected chi connectivity index (χ0v) is 7.87. The lowest BCUT2D eigenvalue weighted by atomic mass is 10.2. The summed E-state index contributed by atoms with van der Waals surface area (Å²) in [7, 11) is 1.51. The van der Waals surface area contributed by atoms with Crippen LogP contribution >= 0.6 is 11.3 Å². The summed E-state index contributed by atoms with van der Waals surface area (Å²) in [6.07, 6.45) is 1.86. The first-order chi connectivity index (χ1) is 6.13. The zero-order valence-electron chi connectivity index (χ0n) is 7.06. The standard InChI is InChI=1S/C7H10N2O3S/c1-12-7-9-3-4(13-7)2-5(8)6(10)11/h3,5H,2,8H2,1H3,(H,10,11). The third-order valence-corrected chi connectivity index (χ3v) is 2.43. The van der Waals surface area contributed by atoms with E-state index in [1.54, 1.807) is 6.20 Å². The minimum Gasteiger partial charge on any atom is -0.480 e. The molecule has 1 atom stereocenters. The first kappa shape index (κ1) is 9.94. The highest BCUT2D eigenvalue weighted by atomic mass is 32.1. The number of aliphatic carboxylic acids is 1. The molecule has 6 heteroatoms. The topological polar surface area (TPSA) is 85.4 Å². The molecule has 1 heterocycles. The van der Waals surface area contributed by atoms with Crippen molar-refractivity contribution in [1.29, 1.82) is 0 Å². The Morgan fingerprint density at radius 1 is 1.92 bits per heavy atom. The number of carboxylic acid groups (broad SMARTS) is 1. The predicted octanol–water partition coefficient (Wildman–Crippen LogP) is 0.106. The van der Waals surface area contributed by atoms with Crippen LogP contribution < -0.4 is 10.5 Å². The molecule has 5 nitrogen and oxygen atoms in total. The molecule has 1 rings (SSSR count). The van der Waals surface area contributed by atoms with E-state index in [0.29, 0.717) is 5.19 Å². The van der Waals surface area contributed by atoms with Crippen LogP contribution in [0.25, 0.3) is 0 Å². The van der Waals surface area contributed by atoms with Crippen molar-refractivity contribution in [2.75, 3.05) is 7.11 Å². The molecule has 72 valence electrons. The molecule has 1 aromatic heterocycles. The van der Waals surface area contributed by atoms with Crippen molar-refractivity contribution < 1.29 is 14.6 Å². The Labute approximate surface area is 79.2 Å². The maximum Gasteiger partial charge on any atom is 0.320 e. The van der Waals surface area contributed by atoms with Gasteiger partial charge in [-0.2, -0.15) is 0 Å². The normalized spacial score (nSPS) is 12.5. The van der Waals surface area contributed by atoms with E-state index in [2.05, 4.69) is 4.98 Å². The number of thiazole rings is 1. The van der Waals surface area contributed by atoms with Crippen LogP contribution in [0.1, 0.15) is 4.88 Å². The molecule has 3 N–H and O–H groups in total. The first-order valence-electron chi connectivity index (χ1n) is 3.60. The number of hydrogen-bond donors (Lipinski definition) is 2. The van der Waals surface area contributed by atoms with Crippen molar-refractivity contribution in [2.45, 2.75) is 12.5 Å². The van der Waals surface area contributed by atoms with Gasteiger partial charge in [-0.25, -0.2) is 4.98 Å². The van der Waals surface area contributed by atoms with Crippen LogP contribution in [0.2, 0.25) is 0 Å². The Kier molecular flexibility index (Phi) is 3.21. The number of nitrogens with zero attached hydrogens (tertiary/aromatic N) is 1. The lowest BCUT2D eigenvalue weighted by Gasteiger charge is -2.01. The zero-order chi connectivity index (χ0) is 9.84. The summed E-state index contributed by atoms with van der Waals surface area (Å²) in [6.45, 7) is 0. The SMILES string of the molecule is COc1ncc(CC(N)C(=O)O)s1. The van der Waals surface area contributed by atoms with E-state index in [4.69, 9.17) is 15.6 Å². The predicted molar refractivity (Wildman–Crippen MR) is 48.0 cm³/mol. The van der Waals surface area contributed by atoms with E-state index in [1.807, 2.05) is 0 Å². The highest BCUT2D eigenvalue weighted by Crippen LogP contribution is 2.20. The Morgan fingerprint density at radius 3 is 3.08 bits per heavy atom. The van der Waals surface area contributed by atoms with Gasteiger partial charge in [0.05, 0.1) is 7.11 Å². The molecule has 0 radical (unpaired) electrons. The smallest absolute Gasteiger partial charge is 0.320 e. The number of carbonyl (C=O) groups is 1. The van der Waals surface area contributed by atoms with Crippen molar-refractivity contribution in [1.82, 2.24) is 4.98 Å². The summed E-state index contributed by atoms with van der Waals surface area (Å²) >= 11 is 1.30. The van der Waals surface area contributed by atoms with E-state index in [9.17, 15) is 4.79 Å². The number of hydrogen-bond acceptors (Lipinski definition) is 5. The summed E-state index contributed by atoms with van der Waals surface area (Å²) in [4.78, 5) is 15.1. The van der Waals surface area contributed by atoms with Crippen LogP contribution in [-0.2, 0) is 11.2 Å². The van der Waals surface area contributed by atoms with Crippen LogP contribution in [0, 0.1) is 0 Å². The third-order valence-electron chi connectivity index (χ3n) is 1.45. The van der Waals surface area contributed by atoms with Gasteiger partial charge < -0.3 is 15.6 Å². The quantitative estimate of drug-likeness (QED) is 0.723. The summed E-state index contributed by atoms with van der Waals surface area (Å²) < 4.78 is 4.86. The highest BCUT2D eigenvalue weighted by Gasteiger charge is 2.13. The summed E-state index contributed by atoms with van der Waals surface area (Å²) in [5.74, 6) is -1.01. The van der Waals surface area contributed by atoms with E-state index in [-0.39, 0.29) is 6.42 Å².